The molecule has 3 heterocycles. The third-order valence-corrected chi connectivity index (χ3v) is 2.70. The fraction of sp³-hybridized carbons (Fsp3) is 0.273. The summed E-state index contributed by atoms with van der Waals surface area (Å²) in [5.41, 5.74) is 3.52. The minimum Gasteiger partial charge on any atom is -0.334 e. The van der Waals surface area contributed by atoms with Crippen LogP contribution in [0.5, 0.6) is 0 Å². The summed E-state index contributed by atoms with van der Waals surface area (Å²) in [6.07, 6.45) is 4.12. The van der Waals surface area contributed by atoms with Crippen LogP contribution in [0.2, 0.25) is 0 Å². The highest BCUT2D eigenvalue weighted by molar-refractivity contribution is 5.73. The minimum atomic E-state index is 0.675. The zero-order chi connectivity index (χ0) is 11.8. The van der Waals surface area contributed by atoms with Crippen LogP contribution in [0.4, 0.5) is 0 Å². The second kappa shape index (κ2) is 3.65. The van der Waals surface area contributed by atoms with Gasteiger partial charge in [-0.05, 0) is 12.5 Å². The number of hydrogen-bond acceptors (Lipinski definition) is 4. The molecular weight excluding hydrogens is 216 g/mol. The summed E-state index contributed by atoms with van der Waals surface area (Å²) in [6.45, 7) is 2.08. The molecule has 0 aliphatic carbocycles. The molecule has 0 radical (unpaired) electrons. The molecule has 0 atom stereocenters. The summed E-state index contributed by atoms with van der Waals surface area (Å²) in [4.78, 5) is 15.7. The zero-order valence-electron chi connectivity index (χ0n) is 9.68. The first-order valence-corrected chi connectivity index (χ1v) is 5.47. The first-order valence-electron chi connectivity index (χ1n) is 5.47. The van der Waals surface area contributed by atoms with Crippen molar-refractivity contribution in [3.63, 3.8) is 0 Å². The predicted molar refractivity (Wildman–Crippen MR) is 63.3 cm³/mol. The minimum absolute atomic E-state index is 0.675. The van der Waals surface area contributed by atoms with Crippen LogP contribution < -0.4 is 0 Å². The van der Waals surface area contributed by atoms with Crippen molar-refractivity contribution in [3.8, 4) is 11.5 Å². The van der Waals surface area contributed by atoms with E-state index in [2.05, 4.69) is 32.0 Å². The molecule has 17 heavy (non-hydrogen) atoms. The number of aryl methyl sites for hydroxylation is 2. The van der Waals surface area contributed by atoms with E-state index in [0.29, 0.717) is 5.65 Å². The molecule has 3 aromatic heterocycles. The van der Waals surface area contributed by atoms with Gasteiger partial charge in [0.1, 0.15) is 17.5 Å². The van der Waals surface area contributed by atoms with Gasteiger partial charge in [-0.15, -0.1) is 0 Å². The van der Waals surface area contributed by atoms with Crippen molar-refractivity contribution in [2.45, 2.75) is 13.3 Å². The van der Waals surface area contributed by atoms with Gasteiger partial charge in [0, 0.05) is 7.05 Å². The molecule has 0 bridgehead atoms. The van der Waals surface area contributed by atoms with Crippen molar-refractivity contribution in [1.82, 2.24) is 29.7 Å². The third kappa shape index (κ3) is 1.57. The van der Waals surface area contributed by atoms with Crippen LogP contribution in [0.1, 0.15) is 12.6 Å². The molecule has 0 saturated carbocycles. The van der Waals surface area contributed by atoms with Crippen molar-refractivity contribution in [2.24, 2.45) is 7.05 Å². The summed E-state index contributed by atoms with van der Waals surface area (Å²) in [6, 6.07) is 2.03. The van der Waals surface area contributed by atoms with E-state index in [-0.39, 0.29) is 0 Å². The monoisotopic (exact) mass is 228 g/mol. The molecule has 0 saturated heterocycles. The van der Waals surface area contributed by atoms with Gasteiger partial charge >= 0.3 is 0 Å². The average Bonchev–Trinajstić information content (AvgIpc) is 2.91. The van der Waals surface area contributed by atoms with Crippen molar-refractivity contribution < 1.29 is 0 Å². The molecule has 0 aromatic carbocycles. The zero-order valence-corrected chi connectivity index (χ0v) is 9.68. The maximum absolute atomic E-state index is 4.42. The standard InChI is InChI=1S/C11H12N6/c1-3-7-4-9(17(2)16-7)11-14-8-5-12-6-13-10(8)15-11/h4-6H,3H2,1-2H3,(H,12,13,14,15). The molecule has 0 fully saturated rings. The van der Waals surface area contributed by atoms with E-state index in [1.54, 1.807) is 6.20 Å². The maximum atomic E-state index is 4.42. The third-order valence-electron chi connectivity index (χ3n) is 2.70. The Morgan fingerprint density at radius 2 is 2.29 bits per heavy atom. The lowest BCUT2D eigenvalue weighted by Crippen LogP contribution is -1.95. The molecule has 0 aliphatic rings. The van der Waals surface area contributed by atoms with Crippen LogP contribution in [0.25, 0.3) is 22.7 Å². The summed E-state index contributed by atoms with van der Waals surface area (Å²) < 4.78 is 1.82. The molecule has 1 N–H and O–H groups in total. The molecule has 3 aromatic rings. The normalized spacial score (nSPS) is 11.2. The van der Waals surface area contributed by atoms with E-state index in [0.717, 1.165) is 29.1 Å². The Kier molecular flexibility index (Phi) is 2.14. The fourth-order valence-corrected chi connectivity index (χ4v) is 1.80. The molecule has 6 nitrogen and oxygen atoms in total. The quantitative estimate of drug-likeness (QED) is 0.718. The molecule has 6 heteroatoms. The summed E-state index contributed by atoms with van der Waals surface area (Å²) in [5.74, 6) is 0.773. The molecule has 86 valence electrons. The van der Waals surface area contributed by atoms with E-state index >= 15 is 0 Å². The number of H-pyrrole nitrogens is 1. The number of imidazole rings is 1. The van der Waals surface area contributed by atoms with Crippen molar-refractivity contribution in [2.75, 3.05) is 0 Å². The Morgan fingerprint density at radius 1 is 1.41 bits per heavy atom. The van der Waals surface area contributed by atoms with Gasteiger partial charge in [-0.1, -0.05) is 6.92 Å². The van der Waals surface area contributed by atoms with Gasteiger partial charge in [0.2, 0.25) is 0 Å². The van der Waals surface area contributed by atoms with Gasteiger partial charge in [-0.25, -0.2) is 15.0 Å². The number of aromatic amines is 1. The summed E-state index contributed by atoms with van der Waals surface area (Å²) in [5, 5.41) is 4.40. The smallest absolute Gasteiger partial charge is 0.181 e. The van der Waals surface area contributed by atoms with Crippen molar-refractivity contribution >= 4 is 11.2 Å². The highest BCUT2D eigenvalue weighted by atomic mass is 15.3. The molecule has 0 aliphatic heterocycles. The number of nitrogens with zero attached hydrogens (tertiary/aromatic N) is 5. The van der Waals surface area contributed by atoms with E-state index < -0.39 is 0 Å². The second-order valence-corrected chi connectivity index (χ2v) is 3.84. The van der Waals surface area contributed by atoms with Gasteiger partial charge in [0.15, 0.2) is 11.5 Å². The van der Waals surface area contributed by atoms with Crippen LogP contribution in [0.3, 0.4) is 0 Å². The SMILES string of the molecule is CCc1cc(-c2nc3ncncc3[nH]2)n(C)n1. The number of hydrogen-bond donors (Lipinski definition) is 1. The van der Waals surface area contributed by atoms with Gasteiger partial charge in [0.05, 0.1) is 11.9 Å². The number of aromatic nitrogens is 6. The first kappa shape index (κ1) is 9.95. The van der Waals surface area contributed by atoms with Crippen LogP contribution in [0, 0.1) is 0 Å². The first-order chi connectivity index (χ1) is 8.28. The molecule has 0 unspecified atom stereocenters. The van der Waals surface area contributed by atoms with Crippen LogP contribution in [0.15, 0.2) is 18.6 Å². The average molecular weight is 228 g/mol. The molecule has 0 spiro atoms. The predicted octanol–water partition coefficient (Wildman–Crippen LogP) is 1.32. The van der Waals surface area contributed by atoms with Crippen molar-refractivity contribution in [3.05, 3.63) is 24.3 Å². The largest absolute Gasteiger partial charge is 0.334 e. The van der Waals surface area contributed by atoms with Crippen molar-refractivity contribution in [1.29, 1.82) is 0 Å². The topological polar surface area (TPSA) is 72.3 Å². The van der Waals surface area contributed by atoms with Crippen LogP contribution in [-0.4, -0.2) is 29.7 Å². The lowest BCUT2D eigenvalue weighted by Gasteiger charge is -1.94. The van der Waals surface area contributed by atoms with E-state index in [1.165, 1.54) is 6.33 Å². The number of fused-ring (bicyclic) bond motifs is 1. The Bertz CT molecular complexity index is 632. The fourth-order valence-electron chi connectivity index (χ4n) is 1.80. The van der Waals surface area contributed by atoms with Crippen LogP contribution >= 0.6 is 0 Å². The van der Waals surface area contributed by atoms with E-state index in [9.17, 15) is 0 Å². The highest BCUT2D eigenvalue weighted by Crippen LogP contribution is 2.19. The molecular formula is C11H12N6. The van der Waals surface area contributed by atoms with Crippen LogP contribution in [-0.2, 0) is 13.5 Å². The molecule has 3 rings (SSSR count). The Labute approximate surface area is 97.7 Å². The Balaban J connectivity index is 2.16. The highest BCUT2D eigenvalue weighted by Gasteiger charge is 2.11. The Hall–Kier alpha value is -2.24. The van der Waals surface area contributed by atoms with E-state index in [1.807, 2.05) is 17.8 Å². The van der Waals surface area contributed by atoms with Gasteiger partial charge in [-0.2, -0.15) is 5.10 Å². The van der Waals surface area contributed by atoms with E-state index in [4.69, 9.17) is 0 Å². The lowest BCUT2D eigenvalue weighted by molar-refractivity contribution is 0.749. The Morgan fingerprint density at radius 3 is 3.00 bits per heavy atom. The second-order valence-electron chi connectivity index (χ2n) is 3.84. The number of rotatable bonds is 2. The lowest BCUT2D eigenvalue weighted by atomic mass is 10.3. The number of nitrogens with one attached hydrogen (secondary N) is 1. The summed E-state index contributed by atoms with van der Waals surface area (Å²) in [7, 11) is 1.91. The summed E-state index contributed by atoms with van der Waals surface area (Å²) >= 11 is 0. The van der Waals surface area contributed by atoms with Gasteiger partial charge < -0.3 is 4.98 Å². The van der Waals surface area contributed by atoms with Gasteiger partial charge in [-0.3, -0.25) is 4.68 Å². The van der Waals surface area contributed by atoms with Gasteiger partial charge in [0.25, 0.3) is 0 Å². The maximum Gasteiger partial charge on any atom is 0.181 e. The molecule has 0 amide bonds.